The van der Waals surface area contributed by atoms with E-state index in [1.165, 1.54) is 29.6 Å². The minimum absolute atomic E-state index is 0.00895. The molecule has 2 aromatic rings. The molecule has 0 bridgehead atoms. The van der Waals surface area contributed by atoms with Crippen LogP contribution in [0.4, 0.5) is 0 Å². The summed E-state index contributed by atoms with van der Waals surface area (Å²) in [5.74, 6) is 0.848. The third-order valence-electron chi connectivity index (χ3n) is 4.37. The predicted octanol–water partition coefficient (Wildman–Crippen LogP) is 2.97. The quantitative estimate of drug-likeness (QED) is 0.394. The SMILES string of the molecule is CCN(CC)S(=O)(=O)c1cc(C(=O)OCCOc2ccc(OC)cc2)ccc1OC. The van der Waals surface area contributed by atoms with Crippen LogP contribution < -0.4 is 14.2 Å². The van der Waals surface area contributed by atoms with E-state index < -0.39 is 16.0 Å². The van der Waals surface area contributed by atoms with Gasteiger partial charge in [-0.05, 0) is 42.5 Å². The van der Waals surface area contributed by atoms with Crippen LogP contribution in [0.15, 0.2) is 47.4 Å². The summed E-state index contributed by atoms with van der Waals surface area (Å²) in [6.45, 7) is 4.26. The molecule has 0 aliphatic carbocycles. The third-order valence-corrected chi connectivity index (χ3v) is 6.44. The molecule has 0 atom stereocenters. The Hall–Kier alpha value is -2.78. The molecule has 2 rings (SSSR count). The lowest BCUT2D eigenvalue weighted by atomic mass is 10.2. The summed E-state index contributed by atoms with van der Waals surface area (Å²) in [4.78, 5) is 12.3. The van der Waals surface area contributed by atoms with E-state index in [-0.39, 0.29) is 29.4 Å². The van der Waals surface area contributed by atoms with Gasteiger partial charge in [0.1, 0.15) is 35.4 Å². The second kappa shape index (κ2) is 10.8. The Morgan fingerprint density at radius 1 is 0.900 bits per heavy atom. The van der Waals surface area contributed by atoms with Crippen LogP contribution in [0.25, 0.3) is 0 Å². The fourth-order valence-electron chi connectivity index (χ4n) is 2.76. The molecule has 8 nitrogen and oxygen atoms in total. The summed E-state index contributed by atoms with van der Waals surface area (Å²) in [6, 6.07) is 11.2. The van der Waals surface area contributed by atoms with E-state index in [1.54, 1.807) is 45.2 Å². The monoisotopic (exact) mass is 437 g/mol. The Morgan fingerprint density at radius 3 is 2.10 bits per heavy atom. The minimum Gasteiger partial charge on any atom is -0.497 e. The lowest BCUT2D eigenvalue weighted by molar-refractivity contribution is 0.0450. The Bertz CT molecular complexity index is 938. The fourth-order valence-corrected chi connectivity index (χ4v) is 4.40. The highest BCUT2D eigenvalue weighted by Gasteiger charge is 2.27. The zero-order chi connectivity index (χ0) is 22.1. The van der Waals surface area contributed by atoms with Gasteiger partial charge in [0, 0.05) is 13.1 Å². The van der Waals surface area contributed by atoms with Gasteiger partial charge in [-0.1, -0.05) is 13.8 Å². The van der Waals surface area contributed by atoms with Crippen molar-refractivity contribution in [3.05, 3.63) is 48.0 Å². The number of carbonyl (C=O) groups is 1. The van der Waals surface area contributed by atoms with Crippen LogP contribution >= 0.6 is 0 Å². The normalized spacial score (nSPS) is 11.2. The van der Waals surface area contributed by atoms with Crippen LogP contribution in [0, 0.1) is 0 Å². The van der Waals surface area contributed by atoms with Gasteiger partial charge in [0.05, 0.1) is 19.8 Å². The molecule has 164 valence electrons. The van der Waals surface area contributed by atoms with E-state index >= 15 is 0 Å². The van der Waals surface area contributed by atoms with Crippen molar-refractivity contribution in [2.45, 2.75) is 18.7 Å². The molecular formula is C21H27NO7S. The molecule has 0 saturated heterocycles. The number of carbonyl (C=O) groups excluding carboxylic acids is 1. The predicted molar refractivity (Wildman–Crippen MR) is 112 cm³/mol. The smallest absolute Gasteiger partial charge is 0.338 e. The highest BCUT2D eigenvalue weighted by Crippen LogP contribution is 2.28. The minimum atomic E-state index is -3.80. The molecule has 0 heterocycles. The summed E-state index contributed by atoms with van der Waals surface area (Å²) in [5.41, 5.74) is 0.117. The van der Waals surface area contributed by atoms with Crippen LogP contribution in [0.3, 0.4) is 0 Å². The number of ether oxygens (including phenoxy) is 4. The largest absolute Gasteiger partial charge is 0.497 e. The topological polar surface area (TPSA) is 91.4 Å². The maximum Gasteiger partial charge on any atom is 0.338 e. The molecule has 0 saturated carbocycles. The van der Waals surface area contributed by atoms with E-state index in [2.05, 4.69) is 0 Å². The molecule has 0 aliphatic heterocycles. The number of sulfonamides is 1. The summed E-state index contributed by atoms with van der Waals surface area (Å²) >= 11 is 0. The average molecular weight is 438 g/mol. The Kier molecular flexibility index (Phi) is 8.49. The molecular weight excluding hydrogens is 410 g/mol. The van der Waals surface area contributed by atoms with Crippen LogP contribution in [0.2, 0.25) is 0 Å². The molecule has 0 unspecified atom stereocenters. The van der Waals surface area contributed by atoms with Gasteiger partial charge < -0.3 is 18.9 Å². The first-order valence-corrected chi connectivity index (χ1v) is 10.9. The molecule has 0 aliphatic rings. The first kappa shape index (κ1) is 23.5. The van der Waals surface area contributed by atoms with Crippen molar-refractivity contribution < 1.29 is 32.2 Å². The van der Waals surface area contributed by atoms with E-state index in [9.17, 15) is 13.2 Å². The van der Waals surface area contributed by atoms with Crippen molar-refractivity contribution in [1.82, 2.24) is 4.31 Å². The van der Waals surface area contributed by atoms with Crippen molar-refractivity contribution in [2.24, 2.45) is 0 Å². The van der Waals surface area contributed by atoms with Crippen molar-refractivity contribution >= 4 is 16.0 Å². The summed E-state index contributed by atoms with van der Waals surface area (Å²) < 4.78 is 48.0. The number of hydrogen-bond donors (Lipinski definition) is 0. The van der Waals surface area contributed by atoms with Gasteiger partial charge in [0.15, 0.2) is 0 Å². The van der Waals surface area contributed by atoms with Crippen molar-refractivity contribution in [3.8, 4) is 17.2 Å². The van der Waals surface area contributed by atoms with Gasteiger partial charge in [0.25, 0.3) is 0 Å². The van der Waals surface area contributed by atoms with Crippen molar-refractivity contribution in [1.29, 1.82) is 0 Å². The van der Waals surface area contributed by atoms with E-state index in [0.717, 1.165) is 0 Å². The maximum absolute atomic E-state index is 12.9. The molecule has 0 fully saturated rings. The van der Waals surface area contributed by atoms with Gasteiger partial charge in [-0.25, -0.2) is 13.2 Å². The highest BCUT2D eigenvalue weighted by molar-refractivity contribution is 7.89. The van der Waals surface area contributed by atoms with Gasteiger partial charge in [-0.15, -0.1) is 0 Å². The first-order valence-electron chi connectivity index (χ1n) is 9.49. The summed E-state index contributed by atoms with van der Waals surface area (Å²) in [7, 11) is -0.845. The van der Waals surface area contributed by atoms with Crippen LogP contribution in [0.1, 0.15) is 24.2 Å². The van der Waals surface area contributed by atoms with Gasteiger partial charge in [-0.3, -0.25) is 0 Å². The molecule has 0 radical (unpaired) electrons. The zero-order valence-electron chi connectivity index (χ0n) is 17.6. The number of benzene rings is 2. The van der Waals surface area contributed by atoms with Crippen LogP contribution in [-0.4, -0.2) is 59.2 Å². The number of nitrogens with zero attached hydrogens (tertiary/aromatic N) is 1. The lowest BCUT2D eigenvalue weighted by Crippen LogP contribution is -2.31. The van der Waals surface area contributed by atoms with Gasteiger partial charge in [0.2, 0.25) is 10.0 Å². The number of methoxy groups -OCH3 is 2. The second-order valence-corrected chi connectivity index (χ2v) is 8.02. The standard InChI is InChI=1S/C21H27NO7S/c1-5-22(6-2)30(24,25)20-15-16(7-12-19(20)27-4)21(23)29-14-13-28-18-10-8-17(26-3)9-11-18/h7-12,15H,5-6,13-14H2,1-4H3. The molecule has 0 spiro atoms. The summed E-state index contributed by atoms with van der Waals surface area (Å²) in [6.07, 6.45) is 0. The first-order chi connectivity index (χ1) is 14.4. The molecule has 0 aromatic heterocycles. The molecule has 0 N–H and O–H groups in total. The van der Waals surface area contributed by atoms with Crippen molar-refractivity contribution in [2.75, 3.05) is 40.5 Å². The van der Waals surface area contributed by atoms with E-state index in [1.807, 2.05) is 0 Å². The Morgan fingerprint density at radius 2 is 1.53 bits per heavy atom. The van der Waals surface area contributed by atoms with Crippen LogP contribution in [0.5, 0.6) is 17.2 Å². The summed E-state index contributed by atoms with van der Waals surface area (Å²) in [5, 5.41) is 0. The lowest BCUT2D eigenvalue weighted by Gasteiger charge is -2.20. The Labute approximate surface area is 177 Å². The number of esters is 1. The zero-order valence-corrected chi connectivity index (χ0v) is 18.4. The molecule has 0 amide bonds. The number of rotatable bonds is 11. The third kappa shape index (κ3) is 5.64. The average Bonchev–Trinajstić information content (AvgIpc) is 2.77. The fraction of sp³-hybridized carbons (Fsp3) is 0.381. The molecule has 2 aromatic carbocycles. The highest BCUT2D eigenvalue weighted by atomic mass is 32.2. The molecule has 9 heteroatoms. The Balaban J connectivity index is 2.05. The van der Waals surface area contributed by atoms with Gasteiger partial charge in [-0.2, -0.15) is 4.31 Å². The second-order valence-electron chi connectivity index (χ2n) is 6.11. The maximum atomic E-state index is 12.9. The van der Waals surface area contributed by atoms with Gasteiger partial charge >= 0.3 is 5.97 Å². The van der Waals surface area contributed by atoms with Crippen LogP contribution in [-0.2, 0) is 14.8 Å². The molecule has 30 heavy (non-hydrogen) atoms. The van der Waals surface area contributed by atoms with E-state index in [4.69, 9.17) is 18.9 Å². The van der Waals surface area contributed by atoms with E-state index in [0.29, 0.717) is 24.6 Å². The van der Waals surface area contributed by atoms with Crippen molar-refractivity contribution in [3.63, 3.8) is 0 Å². The number of hydrogen-bond acceptors (Lipinski definition) is 7.